The second-order valence-corrected chi connectivity index (χ2v) is 4.51. The first kappa shape index (κ1) is 15.4. The van der Waals surface area contributed by atoms with E-state index in [1.165, 1.54) is 0 Å². The first-order chi connectivity index (χ1) is 9.29. The number of carbonyl (C=O) groups is 1. The number of aryl methyl sites for hydroxylation is 1. The number of nitrogens with zero attached hydrogens (tertiary/aromatic N) is 2. The van der Waals surface area contributed by atoms with Crippen LogP contribution < -0.4 is 0 Å². The van der Waals surface area contributed by atoms with Gasteiger partial charge in [-0.3, -0.25) is 4.79 Å². The lowest BCUT2D eigenvalue weighted by Crippen LogP contribution is -1.96. The molecule has 1 heterocycles. The lowest BCUT2D eigenvalue weighted by Gasteiger charge is -1.98. The molecular weight excluding hydrogens is 254 g/mol. The third-order valence-electron chi connectivity index (χ3n) is 3.00. The van der Waals surface area contributed by atoms with Crippen molar-refractivity contribution in [2.45, 2.75) is 20.8 Å². The number of hydrogen-bond acceptors (Lipinski definition) is 3. The van der Waals surface area contributed by atoms with Crippen LogP contribution >= 0.6 is 0 Å². The number of rotatable bonds is 1. The molecule has 5 nitrogen and oxygen atoms in total. The van der Waals surface area contributed by atoms with Crippen molar-refractivity contribution in [3.63, 3.8) is 0 Å². The highest BCUT2D eigenvalue weighted by molar-refractivity contribution is 6.09. The SMILES string of the molecule is CC(=N)c1c(C)n(C)c2ccc(C#N)cc12.CC(=O)O. The average Bonchev–Trinajstić information content (AvgIpc) is 2.60. The lowest BCUT2D eigenvalue weighted by molar-refractivity contribution is -0.134. The molecule has 1 aromatic heterocycles. The van der Waals surface area contributed by atoms with Gasteiger partial charge in [0.15, 0.2) is 0 Å². The normalized spacial score (nSPS) is 9.55. The highest BCUT2D eigenvalue weighted by Gasteiger charge is 2.13. The molecule has 0 saturated carbocycles. The molecule has 0 spiro atoms. The highest BCUT2D eigenvalue weighted by Crippen LogP contribution is 2.26. The van der Waals surface area contributed by atoms with E-state index >= 15 is 0 Å². The first-order valence-electron chi connectivity index (χ1n) is 6.03. The van der Waals surface area contributed by atoms with Crippen LogP contribution in [0.25, 0.3) is 10.9 Å². The van der Waals surface area contributed by atoms with E-state index in [0.29, 0.717) is 11.3 Å². The number of aliphatic carboxylic acids is 1. The van der Waals surface area contributed by atoms with Gasteiger partial charge in [-0.25, -0.2) is 0 Å². The zero-order chi connectivity index (χ0) is 15.4. The fourth-order valence-electron chi connectivity index (χ4n) is 2.11. The topological polar surface area (TPSA) is 89.9 Å². The van der Waals surface area contributed by atoms with Crippen molar-refractivity contribution < 1.29 is 9.90 Å². The monoisotopic (exact) mass is 271 g/mol. The fourth-order valence-corrected chi connectivity index (χ4v) is 2.11. The predicted octanol–water partition coefficient (Wildman–Crippen LogP) is 2.84. The second kappa shape index (κ2) is 6.02. The molecule has 0 aliphatic carbocycles. The summed E-state index contributed by atoms with van der Waals surface area (Å²) in [5.41, 5.74) is 4.25. The molecule has 2 rings (SSSR count). The third-order valence-corrected chi connectivity index (χ3v) is 3.00. The molecule has 0 saturated heterocycles. The van der Waals surface area contributed by atoms with Crippen LogP contribution in [0.15, 0.2) is 18.2 Å². The van der Waals surface area contributed by atoms with Crippen molar-refractivity contribution in [3.05, 3.63) is 35.0 Å². The highest BCUT2D eigenvalue weighted by atomic mass is 16.4. The van der Waals surface area contributed by atoms with Gasteiger partial charge in [0.1, 0.15) is 0 Å². The van der Waals surface area contributed by atoms with Crippen molar-refractivity contribution in [1.29, 1.82) is 10.7 Å². The maximum absolute atomic E-state index is 9.00. The van der Waals surface area contributed by atoms with Crippen LogP contribution in [0.2, 0.25) is 0 Å². The fraction of sp³-hybridized carbons (Fsp3) is 0.267. The number of aromatic nitrogens is 1. The number of carboxylic acid groups (broad SMARTS) is 1. The minimum absolute atomic E-state index is 0.540. The van der Waals surface area contributed by atoms with Crippen LogP contribution in [0.5, 0.6) is 0 Å². The first-order valence-corrected chi connectivity index (χ1v) is 6.03. The Hall–Kier alpha value is -2.61. The molecule has 20 heavy (non-hydrogen) atoms. The van der Waals surface area contributed by atoms with Crippen LogP contribution in [-0.4, -0.2) is 21.4 Å². The molecule has 0 amide bonds. The molecule has 0 fully saturated rings. The standard InChI is InChI=1S/C13H13N3.C2H4O2/c1-8(15)13-9(2)16(3)12-5-4-10(7-14)6-11(12)13;1-2(3)4/h4-6,15H,1-3H3;1H3,(H,3,4). The summed E-state index contributed by atoms with van der Waals surface area (Å²) in [6, 6.07) is 7.74. The Kier molecular flexibility index (Phi) is 4.65. The summed E-state index contributed by atoms with van der Waals surface area (Å²) in [5.74, 6) is -0.833. The van der Waals surface area contributed by atoms with Crippen molar-refractivity contribution in [2.75, 3.05) is 0 Å². The van der Waals surface area contributed by atoms with Gasteiger partial charge in [-0.05, 0) is 32.0 Å². The molecule has 0 unspecified atom stereocenters. The maximum Gasteiger partial charge on any atom is 0.300 e. The Morgan fingerprint density at radius 1 is 1.40 bits per heavy atom. The second-order valence-electron chi connectivity index (χ2n) is 4.51. The Bertz CT molecular complexity index is 717. The number of carboxylic acids is 1. The summed E-state index contributed by atoms with van der Waals surface area (Å²) in [6.07, 6.45) is 0. The quantitative estimate of drug-likeness (QED) is 0.781. The van der Waals surface area contributed by atoms with E-state index in [-0.39, 0.29) is 0 Å². The summed E-state index contributed by atoms with van der Waals surface area (Å²) in [4.78, 5) is 9.00. The molecule has 5 heteroatoms. The van der Waals surface area contributed by atoms with E-state index in [1.54, 1.807) is 6.92 Å². The van der Waals surface area contributed by atoms with Gasteiger partial charge in [0.05, 0.1) is 11.6 Å². The molecule has 2 N–H and O–H groups in total. The average molecular weight is 271 g/mol. The lowest BCUT2D eigenvalue weighted by atomic mass is 10.1. The molecule has 0 bridgehead atoms. The Balaban J connectivity index is 0.000000444. The minimum atomic E-state index is -0.833. The van der Waals surface area contributed by atoms with Crippen molar-refractivity contribution in [1.82, 2.24) is 4.57 Å². The van der Waals surface area contributed by atoms with Gasteiger partial charge in [-0.2, -0.15) is 5.26 Å². The molecule has 0 aliphatic heterocycles. The Labute approximate surface area is 117 Å². The van der Waals surface area contributed by atoms with Crippen LogP contribution in [0, 0.1) is 23.7 Å². The Morgan fingerprint density at radius 2 is 1.95 bits per heavy atom. The molecule has 2 aromatic rings. The van der Waals surface area contributed by atoms with E-state index in [9.17, 15) is 0 Å². The Morgan fingerprint density at radius 3 is 2.40 bits per heavy atom. The molecule has 0 radical (unpaired) electrons. The van der Waals surface area contributed by atoms with Crippen LogP contribution in [0.1, 0.15) is 30.7 Å². The van der Waals surface area contributed by atoms with Gasteiger partial charge in [0.2, 0.25) is 0 Å². The number of hydrogen-bond donors (Lipinski definition) is 2. The smallest absolute Gasteiger partial charge is 0.300 e. The zero-order valence-corrected chi connectivity index (χ0v) is 12.0. The molecule has 104 valence electrons. The maximum atomic E-state index is 9.00. The summed E-state index contributed by atoms with van der Waals surface area (Å²) < 4.78 is 2.06. The molecule has 0 atom stereocenters. The van der Waals surface area contributed by atoms with Crippen LogP contribution in [-0.2, 0) is 11.8 Å². The summed E-state index contributed by atoms with van der Waals surface area (Å²) in [5, 5.41) is 25.1. The van der Waals surface area contributed by atoms with Crippen LogP contribution in [0.3, 0.4) is 0 Å². The predicted molar refractivity (Wildman–Crippen MR) is 78.2 cm³/mol. The number of nitriles is 1. The third kappa shape index (κ3) is 3.04. The van der Waals surface area contributed by atoms with Gasteiger partial charge >= 0.3 is 0 Å². The van der Waals surface area contributed by atoms with Gasteiger partial charge in [0.25, 0.3) is 5.97 Å². The minimum Gasteiger partial charge on any atom is -0.481 e. The summed E-state index contributed by atoms with van der Waals surface area (Å²) in [7, 11) is 1.98. The van der Waals surface area contributed by atoms with E-state index in [0.717, 1.165) is 29.1 Å². The molecule has 0 aliphatic rings. The van der Waals surface area contributed by atoms with E-state index in [4.69, 9.17) is 20.6 Å². The van der Waals surface area contributed by atoms with Gasteiger partial charge in [-0.1, -0.05) is 0 Å². The van der Waals surface area contributed by atoms with Gasteiger partial charge in [0, 0.05) is 41.8 Å². The van der Waals surface area contributed by atoms with Crippen molar-refractivity contribution >= 4 is 22.6 Å². The number of fused-ring (bicyclic) bond motifs is 1. The number of benzene rings is 1. The van der Waals surface area contributed by atoms with Crippen LogP contribution in [0.4, 0.5) is 0 Å². The van der Waals surface area contributed by atoms with Crippen molar-refractivity contribution in [2.24, 2.45) is 7.05 Å². The van der Waals surface area contributed by atoms with Crippen molar-refractivity contribution in [3.8, 4) is 6.07 Å². The molecular formula is C15H17N3O2. The van der Waals surface area contributed by atoms with E-state index in [1.807, 2.05) is 32.2 Å². The summed E-state index contributed by atoms with van der Waals surface area (Å²) >= 11 is 0. The van der Waals surface area contributed by atoms with Gasteiger partial charge in [-0.15, -0.1) is 0 Å². The zero-order valence-electron chi connectivity index (χ0n) is 12.0. The van der Waals surface area contributed by atoms with Gasteiger partial charge < -0.3 is 15.1 Å². The molecule has 1 aromatic carbocycles. The number of nitrogens with one attached hydrogen (secondary N) is 1. The van der Waals surface area contributed by atoms with E-state index < -0.39 is 5.97 Å². The largest absolute Gasteiger partial charge is 0.481 e. The summed E-state index contributed by atoms with van der Waals surface area (Å²) in [6.45, 7) is 4.86. The van der Waals surface area contributed by atoms with E-state index in [2.05, 4.69) is 10.6 Å².